The normalized spacial score (nSPS) is 11.7. The predicted molar refractivity (Wildman–Crippen MR) is 47.4 cm³/mol. The highest BCUT2D eigenvalue weighted by molar-refractivity contribution is 5.52. The Morgan fingerprint density at radius 3 is 2.33 bits per heavy atom. The molecule has 0 fully saturated rings. The van der Waals surface area contributed by atoms with E-state index < -0.39 is 40.3 Å². The number of aromatic nitrogens is 1. The minimum absolute atomic E-state index is 0.401. The van der Waals surface area contributed by atoms with Gasteiger partial charge in [-0.2, -0.15) is 13.2 Å². The summed E-state index contributed by atoms with van der Waals surface area (Å²) < 4.78 is 66.5. The third kappa shape index (κ3) is 2.63. The van der Waals surface area contributed by atoms with Gasteiger partial charge in [0, 0.05) is 6.07 Å². The Bertz CT molecular complexity index is 475. The molecule has 5 nitrogen and oxygen atoms in total. The molecule has 10 heteroatoms. The molecule has 1 aromatic rings. The van der Waals surface area contributed by atoms with E-state index >= 15 is 0 Å². The highest BCUT2D eigenvalue weighted by Crippen LogP contribution is 2.41. The number of halogens is 5. The van der Waals surface area contributed by atoms with E-state index in [4.69, 9.17) is 0 Å². The molecule has 0 unspecified atom stereocenters. The number of alkyl halides is 5. The van der Waals surface area contributed by atoms with Gasteiger partial charge in [0.05, 0.1) is 12.0 Å². The van der Waals surface area contributed by atoms with Crippen LogP contribution >= 0.6 is 0 Å². The second kappa shape index (κ2) is 4.70. The van der Waals surface area contributed by atoms with Crippen LogP contribution in [0.3, 0.4) is 0 Å². The van der Waals surface area contributed by atoms with Crippen molar-refractivity contribution in [1.29, 1.82) is 0 Å². The lowest BCUT2D eigenvalue weighted by molar-refractivity contribution is -0.389. The molecule has 0 bridgehead atoms. The van der Waals surface area contributed by atoms with Crippen molar-refractivity contribution in [3.63, 3.8) is 0 Å². The minimum atomic E-state index is -5.24. The van der Waals surface area contributed by atoms with Crippen molar-refractivity contribution >= 4 is 5.69 Å². The van der Waals surface area contributed by atoms with E-state index in [0.29, 0.717) is 6.07 Å². The fraction of sp³-hybridized carbons (Fsp3) is 0.375. The maximum atomic E-state index is 12.5. The van der Waals surface area contributed by atoms with Crippen LogP contribution in [-0.4, -0.2) is 17.0 Å². The quantitative estimate of drug-likeness (QED) is 0.482. The lowest BCUT2D eigenvalue weighted by atomic mass is 10.2. The molecular weight excluding hydrogens is 267 g/mol. The number of pyridine rings is 1. The number of nitrogens with zero attached hydrogens (tertiary/aromatic N) is 2. The number of nitro groups is 1. The van der Waals surface area contributed by atoms with Gasteiger partial charge in [0.2, 0.25) is 11.4 Å². The van der Waals surface area contributed by atoms with E-state index in [0.717, 1.165) is 7.11 Å². The molecular formula is C8H5F5N2O3. The monoisotopic (exact) mass is 272 g/mol. The molecule has 0 saturated heterocycles. The molecule has 18 heavy (non-hydrogen) atoms. The van der Waals surface area contributed by atoms with Crippen molar-refractivity contribution in [2.24, 2.45) is 0 Å². The van der Waals surface area contributed by atoms with Crippen LogP contribution in [0.25, 0.3) is 0 Å². The Morgan fingerprint density at radius 2 is 2.00 bits per heavy atom. The van der Waals surface area contributed by atoms with Crippen LogP contribution in [0.2, 0.25) is 0 Å². The fourth-order valence-electron chi connectivity index (χ4n) is 1.18. The zero-order valence-corrected chi connectivity index (χ0v) is 8.66. The summed E-state index contributed by atoms with van der Waals surface area (Å²) in [6.45, 7) is 0. The Labute approximate surface area is 96.3 Å². The van der Waals surface area contributed by atoms with Crippen molar-refractivity contribution in [1.82, 2.24) is 4.98 Å². The van der Waals surface area contributed by atoms with Crippen LogP contribution in [0.5, 0.6) is 5.75 Å². The molecule has 100 valence electrons. The molecule has 0 spiro atoms. The first-order valence-corrected chi connectivity index (χ1v) is 4.27. The highest BCUT2D eigenvalue weighted by Gasteiger charge is 2.43. The molecule has 0 aliphatic carbocycles. The summed E-state index contributed by atoms with van der Waals surface area (Å²) in [6.07, 6.45) is -8.54. The third-order valence-electron chi connectivity index (χ3n) is 1.87. The number of methoxy groups -OCH3 is 1. The first-order valence-electron chi connectivity index (χ1n) is 4.27. The van der Waals surface area contributed by atoms with E-state index in [2.05, 4.69) is 9.72 Å². The summed E-state index contributed by atoms with van der Waals surface area (Å²) in [5, 5.41) is 10.5. The van der Waals surface area contributed by atoms with Gasteiger partial charge in [-0.15, -0.1) is 0 Å². The topological polar surface area (TPSA) is 65.3 Å². The SMILES string of the molecule is COc1cc(C(F)F)nc(C(F)(F)F)c1[N+](=O)[O-]. The van der Waals surface area contributed by atoms with Gasteiger partial charge in [-0.05, 0) is 0 Å². The van der Waals surface area contributed by atoms with Crippen molar-refractivity contribution in [3.05, 3.63) is 27.6 Å². The highest BCUT2D eigenvalue weighted by atomic mass is 19.4. The van der Waals surface area contributed by atoms with Crippen LogP contribution < -0.4 is 4.74 Å². The number of hydrogen-bond donors (Lipinski definition) is 0. The van der Waals surface area contributed by atoms with Crippen LogP contribution in [0.15, 0.2) is 6.07 Å². The van der Waals surface area contributed by atoms with Gasteiger partial charge in [0.1, 0.15) is 5.69 Å². The van der Waals surface area contributed by atoms with E-state index in [1.807, 2.05) is 0 Å². The van der Waals surface area contributed by atoms with E-state index in [9.17, 15) is 32.1 Å². The summed E-state index contributed by atoms with van der Waals surface area (Å²) in [4.78, 5) is 11.7. The van der Waals surface area contributed by atoms with Crippen LogP contribution in [0.1, 0.15) is 17.8 Å². The Balaban J connectivity index is 3.63. The van der Waals surface area contributed by atoms with Crippen LogP contribution in [0.4, 0.5) is 27.6 Å². The summed E-state index contributed by atoms with van der Waals surface area (Å²) >= 11 is 0. The average molecular weight is 272 g/mol. The molecule has 1 heterocycles. The standard InChI is InChI=1S/C8H5F5N2O3/c1-18-4-2-3(7(9)10)14-6(8(11,12)13)5(4)15(16)17/h2,7H,1H3. The second-order valence-corrected chi connectivity index (χ2v) is 3.00. The van der Waals surface area contributed by atoms with Gasteiger partial charge >= 0.3 is 11.9 Å². The van der Waals surface area contributed by atoms with Crippen molar-refractivity contribution in [2.45, 2.75) is 12.6 Å². The summed E-state index contributed by atoms with van der Waals surface area (Å²) in [7, 11) is 0.831. The number of ether oxygens (including phenoxy) is 1. The molecule has 0 saturated carbocycles. The summed E-state index contributed by atoms with van der Waals surface area (Å²) in [6, 6.07) is 0.401. The van der Waals surface area contributed by atoms with Gasteiger partial charge in [-0.25, -0.2) is 13.8 Å². The summed E-state index contributed by atoms with van der Waals surface area (Å²) in [5.74, 6) is -0.919. The van der Waals surface area contributed by atoms with Gasteiger partial charge in [0.25, 0.3) is 6.43 Å². The van der Waals surface area contributed by atoms with Crippen LogP contribution in [0, 0.1) is 10.1 Å². The summed E-state index contributed by atoms with van der Waals surface area (Å²) in [5.41, 5.74) is -4.75. The lowest BCUT2D eigenvalue weighted by Gasteiger charge is -2.11. The zero-order chi connectivity index (χ0) is 14.1. The number of rotatable bonds is 3. The van der Waals surface area contributed by atoms with Crippen LogP contribution in [-0.2, 0) is 6.18 Å². The first kappa shape index (κ1) is 14.1. The molecule has 1 aromatic heterocycles. The van der Waals surface area contributed by atoms with Crippen molar-refractivity contribution in [2.75, 3.05) is 7.11 Å². The second-order valence-electron chi connectivity index (χ2n) is 3.00. The molecule has 0 aliphatic heterocycles. The van der Waals surface area contributed by atoms with Gasteiger partial charge in [-0.1, -0.05) is 0 Å². The number of hydrogen-bond acceptors (Lipinski definition) is 4. The van der Waals surface area contributed by atoms with Gasteiger partial charge < -0.3 is 4.74 Å². The smallest absolute Gasteiger partial charge is 0.440 e. The third-order valence-corrected chi connectivity index (χ3v) is 1.87. The molecule has 1 rings (SSSR count). The Kier molecular flexibility index (Phi) is 3.67. The minimum Gasteiger partial charge on any atom is -0.490 e. The van der Waals surface area contributed by atoms with E-state index in [-0.39, 0.29) is 0 Å². The molecule has 0 radical (unpaired) electrons. The molecule has 0 amide bonds. The molecule has 0 aromatic carbocycles. The van der Waals surface area contributed by atoms with Gasteiger partial charge in [0.15, 0.2) is 0 Å². The predicted octanol–water partition coefficient (Wildman–Crippen LogP) is 2.95. The Morgan fingerprint density at radius 1 is 1.44 bits per heavy atom. The van der Waals surface area contributed by atoms with E-state index in [1.165, 1.54) is 0 Å². The van der Waals surface area contributed by atoms with Crippen molar-refractivity contribution < 1.29 is 31.6 Å². The average Bonchev–Trinajstić information content (AvgIpc) is 2.25. The molecule has 0 aliphatic rings. The van der Waals surface area contributed by atoms with Crippen molar-refractivity contribution in [3.8, 4) is 5.75 Å². The largest absolute Gasteiger partial charge is 0.490 e. The van der Waals surface area contributed by atoms with E-state index in [1.54, 1.807) is 0 Å². The maximum Gasteiger partial charge on any atom is 0.440 e. The lowest BCUT2D eigenvalue weighted by Crippen LogP contribution is -2.14. The Hall–Kier alpha value is -2.00. The van der Waals surface area contributed by atoms with Gasteiger partial charge in [-0.3, -0.25) is 10.1 Å². The fourth-order valence-corrected chi connectivity index (χ4v) is 1.18. The maximum absolute atomic E-state index is 12.5. The molecule has 0 N–H and O–H groups in total. The zero-order valence-electron chi connectivity index (χ0n) is 8.66. The first-order chi connectivity index (χ1) is 8.18. The molecule has 0 atom stereocenters.